The minimum absolute atomic E-state index is 0.201. The quantitative estimate of drug-likeness (QED) is 0.0976. The molecule has 0 aliphatic carbocycles. The Morgan fingerprint density at radius 1 is 0.470 bits per heavy atom. The van der Waals surface area contributed by atoms with Crippen molar-refractivity contribution in [1.29, 1.82) is 0 Å². The summed E-state index contributed by atoms with van der Waals surface area (Å²) in [6.07, 6.45) is 0.603. The van der Waals surface area contributed by atoms with Gasteiger partial charge in [-0.15, -0.1) is 0 Å². The maximum Gasteiger partial charge on any atom is 0.141 e. The van der Waals surface area contributed by atoms with Gasteiger partial charge in [-0.05, 0) is 100 Å². The Labute approximate surface area is 391 Å². The summed E-state index contributed by atoms with van der Waals surface area (Å²) < 4.78 is 13.6. The summed E-state index contributed by atoms with van der Waals surface area (Å²) in [5.74, 6) is 2.39. The number of benzene rings is 7. The molecule has 2 unspecified atom stereocenters. The number of fused-ring (bicyclic) bond motifs is 1. The first-order valence-corrected chi connectivity index (χ1v) is 22.9. The molecular formula is C60H64O6. The van der Waals surface area contributed by atoms with Crippen molar-refractivity contribution in [2.24, 2.45) is 0 Å². The third-order valence-electron chi connectivity index (χ3n) is 14.9. The number of phenols is 4. The summed E-state index contributed by atoms with van der Waals surface area (Å²) >= 11 is 0. The van der Waals surface area contributed by atoms with Gasteiger partial charge in [0.2, 0.25) is 0 Å². The Morgan fingerprint density at radius 3 is 1.42 bits per heavy atom. The number of ether oxygens (including phenoxy) is 2. The van der Waals surface area contributed by atoms with Gasteiger partial charge in [0, 0.05) is 50.2 Å². The fourth-order valence-electron chi connectivity index (χ4n) is 10.2. The number of rotatable bonds is 12. The second-order valence-corrected chi connectivity index (χ2v) is 21.0. The van der Waals surface area contributed by atoms with E-state index in [1.807, 2.05) is 60.7 Å². The Kier molecular flexibility index (Phi) is 11.6. The summed E-state index contributed by atoms with van der Waals surface area (Å²) in [5.41, 5.74) is 7.30. The van der Waals surface area contributed by atoms with Crippen LogP contribution >= 0.6 is 0 Å². The largest absolute Gasteiger partial charge is 0.508 e. The number of aromatic hydroxyl groups is 4. The molecule has 7 aromatic rings. The highest BCUT2D eigenvalue weighted by atomic mass is 16.5. The van der Waals surface area contributed by atoms with Gasteiger partial charge < -0.3 is 29.9 Å². The maximum absolute atomic E-state index is 11.2. The predicted molar refractivity (Wildman–Crippen MR) is 266 cm³/mol. The van der Waals surface area contributed by atoms with E-state index in [1.165, 1.54) is 5.56 Å². The molecule has 0 saturated heterocycles. The minimum atomic E-state index is -0.724. The molecule has 0 aromatic heterocycles. The molecule has 0 radical (unpaired) electrons. The van der Waals surface area contributed by atoms with Crippen LogP contribution in [0.4, 0.5) is 0 Å². The Balaban J connectivity index is 1.06. The van der Waals surface area contributed by atoms with Crippen molar-refractivity contribution >= 4 is 0 Å². The van der Waals surface area contributed by atoms with Crippen molar-refractivity contribution in [3.63, 3.8) is 0 Å². The molecule has 1 heterocycles. The van der Waals surface area contributed by atoms with Gasteiger partial charge in [-0.1, -0.05) is 165 Å². The molecular weight excluding hydrogens is 817 g/mol. The highest BCUT2D eigenvalue weighted by Crippen LogP contribution is 2.51. The van der Waals surface area contributed by atoms with Gasteiger partial charge in [-0.2, -0.15) is 0 Å². The zero-order chi connectivity index (χ0) is 47.5. The molecule has 340 valence electrons. The normalized spacial score (nSPS) is 17.7. The standard InChI is InChI=1S/C60H64O6/c1-55(2,39-14-12-11-13-15-39)43-22-31-52(63)49(34-43)58(7,8)41-20-29-48(30-21-41)65-38-59(9)37-60(10,42-18-27-47(62)28-19-42)51-36-45(24-33-54(51)66-59)56(3,4)44-23-32-53(64)50(35-44)57(5,6)40-16-25-46(61)26-17-40/h11-36,61-64H,37-38H2,1-10H3. The zero-order valence-corrected chi connectivity index (χ0v) is 40.0. The first-order valence-electron chi connectivity index (χ1n) is 22.9. The molecule has 0 bridgehead atoms. The van der Waals surface area contributed by atoms with Crippen molar-refractivity contribution < 1.29 is 29.9 Å². The molecule has 7 aromatic carbocycles. The van der Waals surface area contributed by atoms with Crippen molar-refractivity contribution in [2.45, 2.75) is 108 Å². The van der Waals surface area contributed by atoms with Gasteiger partial charge in [0.05, 0.1) is 0 Å². The lowest BCUT2D eigenvalue weighted by Crippen LogP contribution is -2.49. The van der Waals surface area contributed by atoms with E-state index < -0.39 is 27.3 Å². The van der Waals surface area contributed by atoms with Crippen molar-refractivity contribution in [1.82, 2.24) is 0 Å². The smallest absolute Gasteiger partial charge is 0.141 e. The zero-order valence-electron chi connectivity index (χ0n) is 40.0. The summed E-state index contributed by atoms with van der Waals surface area (Å²) in [4.78, 5) is 0. The van der Waals surface area contributed by atoms with Crippen LogP contribution in [0.25, 0.3) is 0 Å². The summed E-state index contributed by atoms with van der Waals surface area (Å²) in [6.45, 7) is 21.9. The number of hydrogen-bond donors (Lipinski definition) is 4. The molecule has 1 aliphatic heterocycles. The topological polar surface area (TPSA) is 99.4 Å². The molecule has 2 atom stereocenters. The minimum Gasteiger partial charge on any atom is -0.508 e. The second kappa shape index (κ2) is 16.6. The van der Waals surface area contributed by atoms with E-state index >= 15 is 0 Å². The maximum atomic E-state index is 11.2. The molecule has 0 spiro atoms. The lowest BCUT2D eigenvalue weighted by molar-refractivity contribution is -0.00107. The van der Waals surface area contributed by atoms with Gasteiger partial charge >= 0.3 is 0 Å². The van der Waals surface area contributed by atoms with Crippen LogP contribution in [0, 0.1) is 0 Å². The molecule has 0 amide bonds. The van der Waals surface area contributed by atoms with Crippen LogP contribution in [-0.2, 0) is 27.1 Å². The van der Waals surface area contributed by atoms with Crippen LogP contribution < -0.4 is 9.47 Å². The van der Waals surface area contributed by atoms with Crippen LogP contribution in [0.5, 0.6) is 34.5 Å². The fraction of sp³-hybridized carbons (Fsp3) is 0.300. The van der Waals surface area contributed by atoms with E-state index in [0.29, 0.717) is 13.0 Å². The van der Waals surface area contributed by atoms with E-state index in [4.69, 9.17) is 9.47 Å². The third-order valence-corrected chi connectivity index (χ3v) is 14.9. The van der Waals surface area contributed by atoms with Gasteiger partial charge in [0.1, 0.15) is 46.7 Å². The lowest BCUT2D eigenvalue weighted by atomic mass is 9.66. The average molecular weight is 881 g/mol. The predicted octanol–water partition coefficient (Wildman–Crippen LogP) is 13.7. The highest BCUT2D eigenvalue weighted by molar-refractivity contribution is 5.56. The van der Waals surface area contributed by atoms with Gasteiger partial charge in [0.15, 0.2) is 0 Å². The van der Waals surface area contributed by atoms with Crippen LogP contribution in [0.2, 0.25) is 0 Å². The van der Waals surface area contributed by atoms with Crippen molar-refractivity contribution in [3.8, 4) is 34.5 Å². The molecule has 66 heavy (non-hydrogen) atoms. The molecule has 1 aliphatic rings. The molecule has 0 fully saturated rings. The fourth-order valence-corrected chi connectivity index (χ4v) is 10.2. The first-order chi connectivity index (χ1) is 31.0. The van der Waals surface area contributed by atoms with E-state index in [-0.39, 0.29) is 28.4 Å². The summed E-state index contributed by atoms with van der Waals surface area (Å²) in [7, 11) is 0. The lowest BCUT2D eigenvalue weighted by Gasteiger charge is -2.46. The van der Waals surface area contributed by atoms with Gasteiger partial charge in [-0.25, -0.2) is 0 Å². The Bertz CT molecular complexity index is 2860. The average Bonchev–Trinajstić information content (AvgIpc) is 3.29. The van der Waals surface area contributed by atoms with E-state index in [1.54, 1.807) is 30.3 Å². The number of phenolic OH excluding ortho intramolecular Hbond substituents is 4. The molecule has 6 nitrogen and oxygen atoms in total. The monoisotopic (exact) mass is 880 g/mol. The van der Waals surface area contributed by atoms with Gasteiger partial charge in [0.25, 0.3) is 0 Å². The van der Waals surface area contributed by atoms with Gasteiger partial charge in [-0.3, -0.25) is 0 Å². The molecule has 8 rings (SSSR count). The molecule has 4 N–H and O–H groups in total. The SMILES string of the molecule is CC1(COc2ccc(C(C)(C)c3cc(C(C)(C)c4ccccc4)ccc3O)cc2)CC(C)(c2ccc(O)cc2)c2cc(C(C)(C)c3ccc(O)c(C(C)(C)c4ccc(O)cc4)c3)ccc2O1. The van der Waals surface area contributed by atoms with Crippen molar-refractivity contribution in [2.75, 3.05) is 6.61 Å². The van der Waals surface area contributed by atoms with Crippen LogP contribution in [0.15, 0.2) is 158 Å². The first kappa shape index (κ1) is 45.9. The third kappa shape index (κ3) is 8.38. The van der Waals surface area contributed by atoms with E-state index in [9.17, 15) is 20.4 Å². The van der Waals surface area contributed by atoms with Crippen LogP contribution in [0.1, 0.15) is 131 Å². The van der Waals surface area contributed by atoms with Crippen LogP contribution in [0.3, 0.4) is 0 Å². The molecule has 6 heteroatoms. The summed E-state index contributed by atoms with van der Waals surface area (Å²) in [5, 5.41) is 42.8. The Morgan fingerprint density at radius 2 is 0.894 bits per heavy atom. The highest BCUT2D eigenvalue weighted by Gasteiger charge is 2.47. The molecule has 0 saturated carbocycles. The van der Waals surface area contributed by atoms with Crippen LogP contribution in [-0.4, -0.2) is 32.6 Å². The van der Waals surface area contributed by atoms with Crippen molar-refractivity contribution in [3.05, 3.63) is 213 Å². The summed E-state index contributed by atoms with van der Waals surface area (Å²) in [6, 6.07) is 51.6. The Hall–Kier alpha value is -6.66. The van der Waals surface area contributed by atoms with E-state index in [2.05, 4.69) is 136 Å². The van der Waals surface area contributed by atoms with E-state index in [0.717, 1.165) is 61.6 Å². The number of hydrogen-bond acceptors (Lipinski definition) is 6. The second-order valence-electron chi connectivity index (χ2n) is 21.0.